The molecule has 1 fully saturated rings. The van der Waals surface area contributed by atoms with Crippen molar-refractivity contribution in [1.82, 2.24) is 9.97 Å². The Morgan fingerprint density at radius 3 is 2.55 bits per heavy atom. The average molecular weight is 311 g/mol. The SMILES string of the molecule is FC(F)(F)c1cc(-c2ccco2)nc(NC2CCCCC2)n1. The van der Waals surface area contributed by atoms with Crippen molar-refractivity contribution in [2.75, 3.05) is 5.32 Å². The third kappa shape index (κ3) is 3.40. The van der Waals surface area contributed by atoms with Crippen LogP contribution in [0.5, 0.6) is 0 Å². The van der Waals surface area contributed by atoms with Crippen molar-refractivity contribution in [3.8, 4) is 11.5 Å². The summed E-state index contributed by atoms with van der Waals surface area (Å²) in [6, 6.07) is 4.22. The van der Waals surface area contributed by atoms with E-state index in [-0.39, 0.29) is 17.7 Å². The molecule has 0 bridgehead atoms. The van der Waals surface area contributed by atoms with Gasteiger partial charge >= 0.3 is 6.18 Å². The quantitative estimate of drug-likeness (QED) is 0.906. The maximum absolute atomic E-state index is 13.0. The molecule has 1 aliphatic rings. The van der Waals surface area contributed by atoms with Crippen LogP contribution in [0.25, 0.3) is 11.5 Å². The molecule has 0 aliphatic heterocycles. The van der Waals surface area contributed by atoms with Crippen molar-refractivity contribution in [3.05, 3.63) is 30.2 Å². The molecule has 0 aromatic carbocycles. The second-order valence-electron chi connectivity index (χ2n) is 5.42. The van der Waals surface area contributed by atoms with Crippen LogP contribution in [0.1, 0.15) is 37.8 Å². The van der Waals surface area contributed by atoms with Gasteiger partial charge in [-0.2, -0.15) is 13.2 Å². The lowest BCUT2D eigenvalue weighted by Gasteiger charge is -2.23. The van der Waals surface area contributed by atoms with Crippen LogP contribution in [0.4, 0.5) is 19.1 Å². The van der Waals surface area contributed by atoms with Crippen LogP contribution < -0.4 is 5.32 Å². The van der Waals surface area contributed by atoms with E-state index in [0.717, 1.165) is 31.7 Å². The zero-order valence-electron chi connectivity index (χ0n) is 11.9. The zero-order chi connectivity index (χ0) is 15.6. The van der Waals surface area contributed by atoms with Crippen molar-refractivity contribution in [2.45, 2.75) is 44.3 Å². The molecule has 0 radical (unpaired) electrons. The third-order valence-corrected chi connectivity index (χ3v) is 3.73. The Kier molecular flexibility index (Phi) is 4.04. The van der Waals surface area contributed by atoms with Crippen LogP contribution in [0.15, 0.2) is 28.9 Å². The van der Waals surface area contributed by atoms with Crippen molar-refractivity contribution in [3.63, 3.8) is 0 Å². The van der Waals surface area contributed by atoms with Crippen molar-refractivity contribution < 1.29 is 17.6 Å². The van der Waals surface area contributed by atoms with E-state index in [2.05, 4.69) is 15.3 Å². The van der Waals surface area contributed by atoms with Gasteiger partial charge in [-0.1, -0.05) is 19.3 Å². The molecule has 22 heavy (non-hydrogen) atoms. The van der Waals surface area contributed by atoms with Crippen LogP contribution in [0, 0.1) is 0 Å². The molecule has 1 aliphatic carbocycles. The lowest BCUT2D eigenvalue weighted by Crippen LogP contribution is -2.24. The summed E-state index contributed by atoms with van der Waals surface area (Å²) in [6.07, 6.45) is 2.04. The minimum Gasteiger partial charge on any atom is -0.463 e. The van der Waals surface area contributed by atoms with E-state index in [1.165, 1.54) is 12.7 Å². The fraction of sp³-hybridized carbons (Fsp3) is 0.467. The van der Waals surface area contributed by atoms with Gasteiger partial charge in [-0.15, -0.1) is 0 Å². The van der Waals surface area contributed by atoms with Gasteiger partial charge in [-0.3, -0.25) is 0 Å². The first-order valence-corrected chi connectivity index (χ1v) is 7.29. The smallest absolute Gasteiger partial charge is 0.433 e. The predicted molar refractivity (Wildman–Crippen MR) is 75.2 cm³/mol. The van der Waals surface area contributed by atoms with E-state index in [1.807, 2.05) is 0 Å². The normalized spacial score (nSPS) is 16.7. The maximum Gasteiger partial charge on any atom is 0.433 e. The van der Waals surface area contributed by atoms with Crippen LogP contribution in [0.3, 0.4) is 0 Å². The first-order chi connectivity index (χ1) is 10.5. The maximum atomic E-state index is 13.0. The predicted octanol–water partition coefficient (Wildman–Crippen LogP) is 4.50. The summed E-state index contributed by atoms with van der Waals surface area (Å²) in [7, 11) is 0. The number of aromatic nitrogens is 2. The minimum absolute atomic E-state index is 0.00752. The molecule has 118 valence electrons. The van der Waals surface area contributed by atoms with Crippen LogP contribution in [-0.4, -0.2) is 16.0 Å². The van der Waals surface area contributed by atoms with Gasteiger partial charge in [0.25, 0.3) is 0 Å². The Hall–Kier alpha value is -2.05. The number of hydrogen-bond acceptors (Lipinski definition) is 4. The highest BCUT2D eigenvalue weighted by atomic mass is 19.4. The molecule has 1 saturated carbocycles. The summed E-state index contributed by atoms with van der Waals surface area (Å²) in [5, 5.41) is 3.03. The fourth-order valence-electron chi connectivity index (χ4n) is 2.64. The van der Waals surface area contributed by atoms with Crippen LogP contribution in [0.2, 0.25) is 0 Å². The van der Waals surface area contributed by atoms with Gasteiger partial charge in [0.05, 0.1) is 6.26 Å². The highest BCUT2D eigenvalue weighted by molar-refractivity contribution is 5.54. The molecule has 0 atom stereocenters. The third-order valence-electron chi connectivity index (χ3n) is 3.73. The van der Waals surface area contributed by atoms with Gasteiger partial charge in [0, 0.05) is 6.04 Å². The van der Waals surface area contributed by atoms with Crippen LogP contribution >= 0.6 is 0 Å². The minimum atomic E-state index is -4.52. The lowest BCUT2D eigenvalue weighted by atomic mass is 9.96. The molecule has 2 heterocycles. The van der Waals surface area contributed by atoms with E-state index in [4.69, 9.17) is 4.42 Å². The van der Waals surface area contributed by atoms with Crippen LogP contribution in [-0.2, 0) is 6.18 Å². The Balaban J connectivity index is 1.92. The Morgan fingerprint density at radius 2 is 1.91 bits per heavy atom. The number of hydrogen-bond donors (Lipinski definition) is 1. The molecule has 0 saturated heterocycles. The van der Waals surface area contributed by atoms with Crippen molar-refractivity contribution in [2.24, 2.45) is 0 Å². The number of anilines is 1. The van der Waals surface area contributed by atoms with Gasteiger partial charge in [0.15, 0.2) is 11.5 Å². The summed E-state index contributed by atoms with van der Waals surface area (Å²) in [5.41, 5.74) is -0.835. The van der Waals surface area contributed by atoms with E-state index in [1.54, 1.807) is 12.1 Å². The van der Waals surface area contributed by atoms with E-state index < -0.39 is 11.9 Å². The van der Waals surface area contributed by atoms with E-state index in [9.17, 15) is 13.2 Å². The largest absolute Gasteiger partial charge is 0.463 e. The average Bonchev–Trinajstić information content (AvgIpc) is 3.01. The number of furan rings is 1. The van der Waals surface area contributed by atoms with Gasteiger partial charge < -0.3 is 9.73 Å². The molecule has 0 unspecified atom stereocenters. The lowest BCUT2D eigenvalue weighted by molar-refractivity contribution is -0.141. The Morgan fingerprint density at radius 1 is 1.14 bits per heavy atom. The summed E-state index contributed by atoms with van der Waals surface area (Å²) < 4.78 is 44.2. The zero-order valence-corrected chi connectivity index (χ0v) is 11.9. The molecule has 1 N–H and O–H groups in total. The monoisotopic (exact) mass is 311 g/mol. The highest BCUT2D eigenvalue weighted by Crippen LogP contribution is 2.31. The number of nitrogens with one attached hydrogen (secondary N) is 1. The van der Waals surface area contributed by atoms with Gasteiger partial charge in [0.2, 0.25) is 5.95 Å². The summed E-state index contributed by atoms with van der Waals surface area (Å²) in [4.78, 5) is 7.79. The number of rotatable bonds is 3. The standard InChI is InChI=1S/C15H16F3N3O/c16-15(17,18)13-9-11(12-7-4-8-22-12)20-14(21-13)19-10-5-2-1-3-6-10/h4,7-10H,1-3,5-6H2,(H,19,20,21). The molecular weight excluding hydrogens is 295 g/mol. The Labute approximate surface area is 125 Å². The van der Waals surface area contributed by atoms with Gasteiger partial charge in [-0.05, 0) is 31.0 Å². The number of nitrogens with zero attached hydrogens (tertiary/aromatic N) is 2. The summed E-state index contributed by atoms with van der Waals surface area (Å²) in [6.45, 7) is 0. The van der Waals surface area contributed by atoms with E-state index >= 15 is 0 Å². The molecule has 2 aromatic rings. The first kappa shape index (κ1) is 14.9. The topological polar surface area (TPSA) is 51.0 Å². The molecule has 2 aromatic heterocycles. The molecule has 3 rings (SSSR count). The Bertz CT molecular complexity index is 619. The second kappa shape index (κ2) is 5.98. The number of halogens is 3. The van der Waals surface area contributed by atoms with Gasteiger partial charge in [-0.25, -0.2) is 9.97 Å². The van der Waals surface area contributed by atoms with E-state index in [0.29, 0.717) is 5.76 Å². The van der Waals surface area contributed by atoms with Gasteiger partial charge in [0.1, 0.15) is 5.69 Å². The van der Waals surface area contributed by atoms with Crippen molar-refractivity contribution in [1.29, 1.82) is 0 Å². The molecule has 0 amide bonds. The summed E-state index contributed by atoms with van der Waals surface area (Å²) in [5.74, 6) is 0.299. The highest BCUT2D eigenvalue weighted by Gasteiger charge is 2.34. The van der Waals surface area contributed by atoms with Crippen molar-refractivity contribution >= 4 is 5.95 Å². The fourth-order valence-corrected chi connectivity index (χ4v) is 2.64. The molecular formula is C15H16F3N3O. The number of alkyl halides is 3. The molecule has 7 heteroatoms. The second-order valence-corrected chi connectivity index (χ2v) is 5.42. The molecule has 4 nitrogen and oxygen atoms in total. The first-order valence-electron chi connectivity index (χ1n) is 7.29. The summed E-state index contributed by atoms with van der Waals surface area (Å²) >= 11 is 0. The molecule has 0 spiro atoms.